The Morgan fingerprint density at radius 2 is 1.59 bits per heavy atom. The molecule has 27 heteroatoms. The number of halogens is 1. The number of imide groups is 1. The number of nitrogens with one attached hydrogen (secondary N) is 5. The van der Waals surface area contributed by atoms with E-state index in [0.717, 1.165) is 132 Å². The second kappa shape index (κ2) is 28.2. The molecular formula is C71H89FN15O10S+. The molecule has 7 aliphatic rings. The van der Waals surface area contributed by atoms with Gasteiger partial charge in [-0.05, 0) is 143 Å². The number of quaternary nitrogens is 1. The highest BCUT2D eigenvalue weighted by atomic mass is 32.1. The molecule has 7 amide bonds. The van der Waals surface area contributed by atoms with Crippen molar-refractivity contribution in [3.05, 3.63) is 107 Å². The minimum absolute atomic E-state index is 0.0104. The van der Waals surface area contributed by atoms with Gasteiger partial charge in [0.2, 0.25) is 17.7 Å². The number of amides is 7. The van der Waals surface area contributed by atoms with Crippen LogP contribution in [0, 0.1) is 41.8 Å². The number of hydrogen-bond acceptors (Lipinski definition) is 17. The molecule has 5 fully saturated rings. The second-order valence-electron chi connectivity index (χ2n) is 29.2. The number of hydrogen-bond donors (Lipinski definition) is 7. The zero-order valence-corrected chi connectivity index (χ0v) is 57.5. The van der Waals surface area contributed by atoms with E-state index in [1.807, 2.05) is 55.1 Å². The summed E-state index contributed by atoms with van der Waals surface area (Å²) in [6.45, 7) is 18.3. The van der Waals surface area contributed by atoms with E-state index in [2.05, 4.69) is 60.3 Å². The molecule has 4 saturated carbocycles. The molecule has 0 spiro atoms. The minimum Gasteiger partial charge on any atom is -0.476 e. The molecule has 2 unspecified atom stereocenters. The van der Waals surface area contributed by atoms with Gasteiger partial charge in [-0.15, -0.1) is 10.2 Å². The van der Waals surface area contributed by atoms with E-state index in [1.165, 1.54) is 35.6 Å². The number of nitrogens with two attached hydrogens (primary N) is 1. The molecule has 4 aromatic heterocycles. The van der Waals surface area contributed by atoms with Gasteiger partial charge in [-0.1, -0.05) is 51.2 Å². The number of pyridine rings is 1. The van der Waals surface area contributed by atoms with Crippen LogP contribution >= 0.6 is 11.3 Å². The van der Waals surface area contributed by atoms with Gasteiger partial charge >= 0.3 is 12.0 Å². The fraction of sp³-hybridized carbons (Fsp3) is 0.521. The van der Waals surface area contributed by atoms with Crippen molar-refractivity contribution in [2.45, 2.75) is 156 Å². The van der Waals surface area contributed by atoms with E-state index in [4.69, 9.17) is 25.3 Å². The number of aromatic carboxylic acids is 1. The second-order valence-corrected chi connectivity index (χ2v) is 30.3. The Morgan fingerprint density at radius 3 is 2.31 bits per heavy atom. The maximum atomic E-state index is 14.0. The van der Waals surface area contributed by atoms with Crippen molar-refractivity contribution in [2.75, 3.05) is 74.6 Å². The number of thiazole rings is 1. The highest BCUT2D eigenvalue weighted by Gasteiger charge is 2.66. The van der Waals surface area contributed by atoms with Crippen LogP contribution in [0.3, 0.4) is 0 Å². The molecule has 98 heavy (non-hydrogen) atoms. The van der Waals surface area contributed by atoms with Gasteiger partial charge in [0.1, 0.15) is 36.8 Å². The van der Waals surface area contributed by atoms with Crippen LogP contribution in [0.4, 0.5) is 37.5 Å². The predicted molar refractivity (Wildman–Crippen MR) is 367 cm³/mol. The minimum atomic E-state index is -1.14. The van der Waals surface area contributed by atoms with Gasteiger partial charge in [-0.25, -0.2) is 23.9 Å². The van der Waals surface area contributed by atoms with Gasteiger partial charge in [0.15, 0.2) is 22.5 Å². The summed E-state index contributed by atoms with van der Waals surface area (Å²) >= 11 is 1.33. The van der Waals surface area contributed by atoms with E-state index in [0.29, 0.717) is 65.5 Å². The lowest BCUT2D eigenvalue weighted by atomic mass is 9.39. The molecule has 6 atom stereocenters. The fourth-order valence-electron chi connectivity index (χ4n) is 17.4. The summed E-state index contributed by atoms with van der Waals surface area (Å²) in [5.41, 5.74) is 11.3. The highest BCUT2D eigenvalue weighted by Crippen LogP contribution is 2.72. The predicted octanol–water partition coefficient (Wildman–Crippen LogP) is 8.92. The first-order valence-corrected chi connectivity index (χ1v) is 35.0. The number of carboxylic acid groups (broad SMARTS) is 1. The van der Waals surface area contributed by atoms with Gasteiger partial charge in [-0.3, -0.25) is 33.6 Å². The third-order valence-electron chi connectivity index (χ3n) is 20.8. The van der Waals surface area contributed by atoms with Crippen LogP contribution in [0.5, 0.6) is 0 Å². The molecule has 1 saturated heterocycles. The number of carboxylic acids is 1. The van der Waals surface area contributed by atoms with Gasteiger partial charge in [0.25, 0.3) is 11.8 Å². The summed E-state index contributed by atoms with van der Waals surface area (Å²) in [6.07, 6.45) is 14.5. The fourth-order valence-corrected chi connectivity index (χ4v) is 18.3. The Bertz CT molecular complexity index is 4060. The van der Waals surface area contributed by atoms with Gasteiger partial charge < -0.3 is 56.3 Å². The molecular weight excluding hydrogens is 1270 g/mol. The van der Waals surface area contributed by atoms with Gasteiger partial charge in [-0.2, -0.15) is 5.10 Å². The highest BCUT2D eigenvalue weighted by molar-refractivity contribution is 7.22. The third-order valence-corrected chi connectivity index (χ3v) is 21.7. The van der Waals surface area contributed by atoms with Crippen LogP contribution in [0.1, 0.15) is 138 Å². The number of likely N-dealkylation sites (tertiary alicyclic amines) is 1. The maximum Gasteiger partial charge on any atom is 0.355 e. The number of benzene rings is 2. The number of fused-ring (bicyclic) bond motifs is 2. The van der Waals surface area contributed by atoms with Crippen molar-refractivity contribution in [1.29, 1.82) is 0 Å². The number of aromatic nitrogens is 6. The molecule has 7 heterocycles. The number of rotatable bonds is 29. The Hall–Kier alpha value is -8.79. The normalized spacial score (nSPS) is 22.7. The van der Waals surface area contributed by atoms with Crippen molar-refractivity contribution in [2.24, 2.45) is 27.9 Å². The first-order chi connectivity index (χ1) is 46.8. The summed E-state index contributed by atoms with van der Waals surface area (Å²) in [4.78, 5) is 102. The zero-order valence-electron chi connectivity index (χ0n) is 56.6. The molecule has 4 aliphatic carbocycles. The SMILES string of the molecule is Cc1c(Nc2nc3ccc(F)cc3s2)nnc2c1CCCN2c1ccc(-c2cnn(CC34CC5(OCC[N+]6(Cc7ccc(NC(=O)[C@H](CCCNC(N)=O)NC(=O)[C@@H](NC(=O)CCOCCN8C(=O)C=CC8=O)C(C)C)cc7)CCCC6)C[C@](C)(C3)C[C@](C)(C4)C5)c2C)c(C(=O)O)n1. The van der Waals surface area contributed by atoms with Gasteiger partial charge in [0, 0.05) is 90.2 Å². The lowest BCUT2D eigenvalue weighted by Gasteiger charge is -2.69. The first kappa shape index (κ1) is 69.1. The summed E-state index contributed by atoms with van der Waals surface area (Å²) in [5.74, 6) is -2.52. The Morgan fingerprint density at radius 1 is 0.847 bits per heavy atom. The monoisotopic (exact) mass is 1360 g/mol. The van der Waals surface area contributed by atoms with Crippen molar-refractivity contribution >= 4 is 91.4 Å². The molecule has 2 aromatic carbocycles. The summed E-state index contributed by atoms with van der Waals surface area (Å²) in [5, 5.41) is 40.0. The molecule has 3 aliphatic heterocycles. The van der Waals surface area contributed by atoms with Crippen LogP contribution in [-0.2, 0) is 53.0 Å². The van der Waals surface area contributed by atoms with Crippen LogP contribution in [0.15, 0.2) is 72.9 Å². The van der Waals surface area contributed by atoms with Crippen LogP contribution < -0.4 is 37.2 Å². The lowest BCUT2D eigenvalue weighted by molar-refractivity contribution is -0.930. The molecule has 13 rings (SSSR count). The average Bonchev–Trinajstić information content (AvgIpc) is 1.58. The van der Waals surface area contributed by atoms with Crippen molar-refractivity contribution in [3.63, 3.8) is 0 Å². The molecule has 0 radical (unpaired) electrons. The summed E-state index contributed by atoms with van der Waals surface area (Å²) < 4.78 is 30.6. The quantitative estimate of drug-likeness (QED) is 0.0131. The summed E-state index contributed by atoms with van der Waals surface area (Å²) in [7, 11) is 0. The molecule has 520 valence electrons. The van der Waals surface area contributed by atoms with Crippen molar-refractivity contribution < 1.29 is 57.0 Å². The van der Waals surface area contributed by atoms with E-state index >= 15 is 0 Å². The number of carbonyl (C=O) groups is 7. The van der Waals surface area contributed by atoms with Crippen LogP contribution in [0.2, 0.25) is 0 Å². The van der Waals surface area contributed by atoms with E-state index in [9.17, 15) is 43.1 Å². The molecule has 4 bridgehead atoms. The smallest absolute Gasteiger partial charge is 0.355 e. The first-order valence-electron chi connectivity index (χ1n) is 34.2. The number of ether oxygens (including phenoxy) is 2. The topological polar surface area (TPSA) is 320 Å². The van der Waals surface area contributed by atoms with Crippen molar-refractivity contribution in [3.8, 4) is 11.1 Å². The van der Waals surface area contributed by atoms with E-state index in [1.54, 1.807) is 26.1 Å². The largest absolute Gasteiger partial charge is 0.476 e. The van der Waals surface area contributed by atoms with E-state index < -0.39 is 53.6 Å². The lowest BCUT2D eigenvalue weighted by Crippen LogP contribution is -2.64. The number of nitrogens with zero attached hydrogens (tertiary/aromatic N) is 9. The van der Waals surface area contributed by atoms with Crippen LogP contribution in [-0.4, -0.2) is 163 Å². The number of primary amides is 1. The standard InChI is InChI=1S/C71H88FN15O10S/c1-43(2)59(80-56(88)23-30-96-31-26-85-57(89)21-22-58(85)90)64(92)77-53(12-9-24-74-66(73)95)63(91)76-48-16-13-46(14-17-48)35-87(27-7-8-28-87)29-32-97-71-39-68(5)36-69(6,40-71)38-70(37-68,41-71)42-86-45(4)51(34-75-86)50-18-20-55(79-60(50)65(93)94)84-25-10-11-49-44(3)61(82-83-62(49)84)81-67-78-52-19-15-47(72)33-54(52)98-67/h13-22,33-34,43,53,59H,7-12,23-32,35-42H2,1-6H3,(H7-,73,74,76,77,78,80,81,82,88,91,92,93,94,95)/p+1/t53-,59-,68-,69+,70?,71?/m0/s1. The van der Waals surface area contributed by atoms with Gasteiger partial charge in [0.05, 0.1) is 61.5 Å². The van der Waals surface area contributed by atoms with E-state index in [-0.39, 0.29) is 78.4 Å². The number of anilines is 5. The van der Waals surface area contributed by atoms with Crippen molar-refractivity contribution in [1.82, 2.24) is 50.8 Å². The average molecular weight is 1360 g/mol. The third kappa shape index (κ3) is 15.2. The molecule has 6 aromatic rings. The number of urea groups is 1. The zero-order chi connectivity index (χ0) is 69.3. The Balaban J connectivity index is 0.671. The molecule has 8 N–H and O–H groups in total. The Labute approximate surface area is 572 Å². The maximum absolute atomic E-state index is 14.0. The summed E-state index contributed by atoms with van der Waals surface area (Å²) in [6, 6.07) is 13.3. The number of carbonyl (C=O) groups excluding carboxylic acids is 6. The Kier molecular flexibility index (Phi) is 19.9. The van der Waals surface area contributed by atoms with Crippen LogP contribution in [0.25, 0.3) is 21.3 Å². The molecule has 25 nitrogen and oxygen atoms in total.